The molecule has 1 N–H and O–H groups in total. The summed E-state index contributed by atoms with van der Waals surface area (Å²) < 4.78 is 6.93. The molecule has 0 spiro atoms. The molecule has 0 unspecified atom stereocenters. The fraction of sp³-hybridized carbons (Fsp3) is 0.875. The highest BCUT2D eigenvalue weighted by molar-refractivity contribution is 6.74. The summed E-state index contributed by atoms with van der Waals surface area (Å²) in [7, 11) is -1.80. The molecule has 0 bridgehead atoms. The molecule has 3 nitrogen and oxygen atoms in total. The molecule has 164 valence electrons. The Balaban J connectivity index is 2.96. The van der Waals surface area contributed by atoms with Gasteiger partial charge in [0.2, 0.25) is 5.91 Å². The molecular formula is C24H47NO2Si. The summed E-state index contributed by atoms with van der Waals surface area (Å²) in [4.78, 5) is 12.5. The van der Waals surface area contributed by atoms with E-state index in [4.69, 9.17) is 4.43 Å². The van der Waals surface area contributed by atoms with Gasteiger partial charge in [-0.1, -0.05) is 52.7 Å². The molecule has 4 heteroatoms. The van der Waals surface area contributed by atoms with Gasteiger partial charge in [-0.05, 0) is 75.9 Å². The highest BCUT2D eigenvalue weighted by Crippen LogP contribution is 2.39. The summed E-state index contributed by atoms with van der Waals surface area (Å²) in [5.41, 5.74) is 1.45. The Labute approximate surface area is 176 Å². The number of carbonyl (C=O) groups is 1. The second kappa shape index (κ2) is 11.5. The van der Waals surface area contributed by atoms with Gasteiger partial charge in [-0.2, -0.15) is 0 Å². The van der Waals surface area contributed by atoms with Crippen molar-refractivity contribution in [1.82, 2.24) is 5.32 Å². The second-order valence-electron chi connectivity index (χ2n) is 10.3. The number of hydrogen-bond acceptors (Lipinski definition) is 2. The average molecular weight is 410 g/mol. The summed E-state index contributed by atoms with van der Waals surface area (Å²) in [5.74, 6) is 0.972. The fourth-order valence-corrected chi connectivity index (χ4v) is 5.26. The van der Waals surface area contributed by atoms with Gasteiger partial charge >= 0.3 is 0 Å². The van der Waals surface area contributed by atoms with Crippen LogP contribution in [0.25, 0.3) is 0 Å². The molecule has 0 radical (unpaired) electrons. The minimum absolute atomic E-state index is 0.156. The van der Waals surface area contributed by atoms with Crippen molar-refractivity contribution in [2.45, 2.75) is 117 Å². The monoisotopic (exact) mass is 409 g/mol. The largest absolute Gasteiger partial charge is 0.414 e. The molecule has 1 rings (SSSR count). The smallest absolute Gasteiger partial charge is 0.223 e. The third kappa shape index (κ3) is 8.02. The average Bonchev–Trinajstić information content (AvgIpc) is 2.60. The van der Waals surface area contributed by atoms with Gasteiger partial charge in [-0.15, -0.1) is 0 Å². The fourth-order valence-electron chi connectivity index (χ4n) is 3.84. The lowest BCUT2D eigenvalue weighted by Crippen LogP contribution is -2.46. The van der Waals surface area contributed by atoms with E-state index >= 15 is 0 Å². The summed E-state index contributed by atoms with van der Waals surface area (Å²) >= 11 is 0. The summed E-state index contributed by atoms with van der Waals surface area (Å²) in [5, 5.41) is 3.42. The topological polar surface area (TPSA) is 38.3 Å². The first-order valence-electron chi connectivity index (χ1n) is 11.6. The van der Waals surface area contributed by atoms with Gasteiger partial charge in [0.15, 0.2) is 8.32 Å². The molecule has 28 heavy (non-hydrogen) atoms. The Morgan fingerprint density at radius 2 is 1.82 bits per heavy atom. The predicted octanol–water partition coefficient (Wildman–Crippen LogP) is 6.85. The van der Waals surface area contributed by atoms with Crippen LogP contribution in [0.2, 0.25) is 18.1 Å². The maximum atomic E-state index is 12.5. The van der Waals surface area contributed by atoms with Gasteiger partial charge in [-0.3, -0.25) is 4.79 Å². The van der Waals surface area contributed by atoms with E-state index in [0.29, 0.717) is 12.0 Å². The Morgan fingerprint density at radius 1 is 1.14 bits per heavy atom. The highest BCUT2D eigenvalue weighted by atomic mass is 28.4. The van der Waals surface area contributed by atoms with Crippen LogP contribution < -0.4 is 5.32 Å². The van der Waals surface area contributed by atoms with Gasteiger partial charge in [0.1, 0.15) is 0 Å². The summed E-state index contributed by atoms with van der Waals surface area (Å²) in [6, 6.07) is 0. The van der Waals surface area contributed by atoms with Gasteiger partial charge in [0, 0.05) is 18.6 Å². The van der Waals surface area contributed by atoms with E-state index in [0.717, 1.165) is 57.9 Å². The van der Waals surface area contributed by atoms with E-state index in [9.17, 15) is 4.79 Å². The number of hydrogen-bond donors (Lipinski definition) is 1. The first kappa shape index (κ1) is 25.4. The summed E-state index contributed by atoms with van der Waals surface area (Å²) in [6.45, 7) is 19.2. The third-order valence-corrected chi connectivity index (χ3v) is 11.6. The van der Waals surface area contributed by atoms with E-state index in [1.807, 2.05) is 0 Å². The molecule has 0 saturated carbocycles. The van der Waals surface area contributed by atoms with Crippen molar-refractivity contribution >= 4 is 14.2 Å². The standard InChI is InChI=1S/C24H47NO2Si/c1-9-20-15-12-18-25-23(26)21(10-2)14-11-13-19(3)16-17-22(20)27-28(7,8)24(4,5)6/h13,20-22H,9-12,14-18H2,1-8H3,(H,25,26)/b19-13-/t20-,21-,22-/m1/s1. The molecule has 0 aliphatic carbocycles. The van der Waals surface area contributed by atoms with Crippen molar-refractivity contribution < 1.29 is 9.22 Å². The molecule has 0 aromatic heterocycles. The van der Waals surface area contributed by atoms with Crippen molar-refractivity contribution in [1.29, 1.82) is 0 Å². The maximum absolute atomic E-state index is 12.5. The summed E-state index contributed by atoms with van der Waals surface area (Å²) in [6.07, 6.45) is 11.1. The number of amides is 1. The van der Waals surface area contributed by atoms with E-state index in [2.05, 4.69) is 66.0 Å². The van der Waals surface area contributed by atoms with Crippen LogP contribution in [0.3, 0.4) is 0 Å². The number of allylic oxidation sites excluding steroid dienone is 2. The SMILES string of the molecule is CC[C@@H]1CC/C=C(/C)CC[C@@H](O[Si](C)(C)C(C)(C)C)[C@H](CC)CCCNC1=O. The Morgan fingerprint density at radius 3 is 2.39 bits per heavy atom. The molecule has 1 heterocycles. The van der Waals surface area contributed by atoms with E-state index in [1.165, 1.54) is 5.57 Å². The molecule has 1 aliphatic heterocycles. The number of nitrogens with one attached hydrogen (secondary N) is 1. The van der Waals surface area contributed by atoms with Gasteiger partial charge in [-0.25, -0.2) is 0 Å². The maximum Gasteiger partial charge on any atom is 0.223 e. The van der Waals surface area contributed by atoms with Crippen LogP contribution in [0.5, 0.6) is 0 Å². The number of rotatable bonds is 4. The Bertz CT molecular complexity index is 507. The first-order valence-corrected chi connectivity index (χ1v) is 14.5. The molecule has 1 aliphatic rings. The Hall–Kier alpha value is -0.613. The van der Waals surface area contributed by atoms with Crippen LogP contribution in [-0.4, -0.2) is 26.9 Å². The molecule has 0 aromatic carbocycles. The van der Waals surface area contributed by atoms with Crippen molar-refractivity contribution in [2.75, 3.05) is 6.54 Å². The number of carbonyl (C=O) groups excluding carboxylic acids is 1. The van der Waals surface area contributed by atoms with E-state index < -0.39 is 8.32 Å². The van der Waals surface area contributed by atoms with Crippen molar-refractivity contribution in [3.8, 4) is 0 Å². The van der Waals surface area contributed by atoms with E-state index in [1.54, 1.807) is 0 Å². The third-order valence-electron chi connectivity index (χ3n) is 7.05. The van der Waals surface area contributed by atoms with Crippen LogP contribution >= 0.6 is 0 Å². The molecular weight excluding hydrogens is 362 g/mol. The zero-order valence-electron chi connectivity index (χ0n) is 20.0. The van der Waals surface area contributed by atoms with Gasteiger partial charge in [0.25, 0.3) is 0 Å². The molecule has 3 atom stereocenters. The minimum Gasteiger partial charge on any atom is -0.414 e. The van der Waals surface area contributed by atoms with Crippen LogP contribution in [0.15, 0.2) is 11.6 Å². The van der Waals surface area contributed by atoms with Crippen molar-refractivity contribution in [3.05, 3.63) is 11.6 Å². The lowest BCUT2D eigenvalue weighted by Gasteiger charge is -2.41. The highest BCUT2D eigenvalue weighted by Gasteiger charge is 2.40. The molecule has 0 fully saturated rings. The lowest BCUT2D eigenvalue weighted by atomic mass is 9.89. The van der Waals surface area contributed by atoms with Gasteiger partial charge in [0.05, 0.1) is 0 Å². The first-order chi connectivity index (χ1) is 13.0. The quantitative estimate of drug-likeness (QED) is 0.407. The molecule has 0 saturated heterocycles. The van der Waals surface area contributed by atoms with Crippen LogP contribution in [-0.2, 0) is 9.22 Å². The second-order valence-corrected chi connectivity index (χ2v) is 15.0. The van der Waals surface area contributed by atoms with Crippen LogP contribution in [0, 0.1) is 11.8 Å². The normalized spacial score (nSPS) is 28.8. The van der Waals surface area contributed by atoms with Crippen LogP contribution in [0.4, 0.5) is 0 Å². The van der Waals surface area contributed by atoms with E-state index in [-0.39, 0.29) is 16.9 Å². The van der Waals surface area contributed by atoms with Gasteiger partial charge < -0.3 is 9.74 Å². The zero-order chi connectivity index (χ0) is 21.4. The predicted molar refractivity (Wildman–Crippen MR) is 124 cm³/mol. The minimum atomic E-state index is -1.80. The van der Waals surface area contributed by atoms with Crippen molar-refractivity contribution in [2.24, 2.45) is 11.8 Å². The lowest BCUT2D eigenvalue weighted by molar-refractivity contribution is -0.125. The Kier molecular flexibility index (Phi) is 10.5. The van der Waals surface area contributed by atoms with Crippen molar-refractivity contribution in [3.63, 3.8) is 0 Å². The molecule has 0 aromatic rings. The molecule has 1 amide bonds. The van der Waals surface area contributed by atoms with Crippen LogP contribution in [0.1, 0.15) is 92.9 Å². The zero-order valence-corrected chi connectivity index (χ0v) is 21.0.